The van der Waals surface area contributed by atoms with E-state index < -0.39 is 0 Å². The van der Waals surface area contributed by atoms with Gasteiger partial charge in [0, 0.05) is 12.3 Å². The molecule has 0 aliphatic rings. The minimum absolute atomic E-state index is 0.347. The molecule has 0 saturated carbocycles. The van der Waals surface area contributed by atoms with Crippen LogP contribution in [-0.4, -0.2) is 16.7 Å². The highest BCUT2D eigenvalue weighted by Gasteiger charge is 2.08. The summed E-state index contributed by atoms with van der Waals surface area (Å²) in [5.74, 6) is 1.93. The second-order valence-electron chi connectivity index (χ2n) is 4.15. The molecule has 1 aromatic heterocycles. The van der Waals surface area contributed by atoms with Gasteiger partial charge in [0.15, 0.2) is 5.82 Å². The standard InChI is InChI=1S/C11H21N3O/c1-9(2)11-13-10(15-14-11)7-5-3-4-6-8-12/h9H,3-8,12H2,1-2H3. The summed E-state index contributed by atoms with van der Waals surface area (Å²) in [6.07, 6.45) is 5.50. The Labute approximate surface area is 91.2 Å². The van der Waals surface area contributed by atoms with Crippen LogP contribution in [0.15, 0.2) is 4.52 Å². The largest absolute Gasteiger partial charge is 0.339 e. The van der Waals surface area contributed by atoms with Crippen molar-refractivity contribution in [3.63, 3.8) is 0 Å². The van der Waals surface area contributed by atoms with Crippen molar-refractivity contribution in [3.05, 3.63) is 11.7 Å². The van der Waals surface area contributed by atoms with E-state index in [1.54, 1.807) is 0 Å². The molecule has 1 heterocycles. The van der Waals surface area contributed by atoms with E-state index in [1.807, 2.05) is 0 Å². The van der Waals surface area contributed by atoms with Gasteiger partial charge in [-0.2, -0.15) is 4.98 Å². The first-order valence-corrected chi connectivity index (χ1v) is 5.76. The van der Waals surface area contributed by atoms with Gasteiger partial charge in [-0.05, 0) is 19.4 Å². The molecule has 0 unspecified atom stereocenters. The predicted octanol–water partition coefficient (Wildman–Crippen LogP) is 2.25. The highest BCUT2D eigenvalue weighted by Crippen LogP contribution is 2.11. The molecule has 0 spiro atoms. The zero-order chi connectivity index (χ0) is 11.1. The second kappa shape index (κ2) is 6.56. The molecular weight excluding hydrogens is 190 g/mol. The Balaban J connectivity index is 2.20. The van der Waals surface area contributed by atoms with Gasteiger partial charge in [-0.25, -0.2) is 0 Å². The van der Waals surface area contributed by atoms with Crippen LogP contribution in [0.2, 0.25) is 0 Å². The van der Waals surface area contributed by atoms with Crippen molar-refractivity contribution in [2.24, 2.45) is 5.73 Å². The SMILES string of the molecule is CC(C)c1noc(CCCCCCN)n1. The first-order valence-electron chi connectivity index (χ1n) is 5.76. The molecule has 86 valence electrons. The van der Waals surface area contributed by atoms with E-state index in [2.05, 4.69) is 24.0 Å². The predicted molar refractivity (Wildman–Crippen MR) is 59.6 cm³/mol. The lowest BCUT2D eigenvalue weighted by molar-refractivity contribution is 0.367. The molecule has 0 bridgehead atoms. The fourth-order valence-corrected chi connectivity index (χ4v) is 1.38. The van der Waals surface area contributed by atoms with Crippen LogP contribution < -0.4 is 5.73 Å². The van der Waals surface area contributed by atoms with Crippen molar-refractivity contribution in [1.82, 2.24) is 10.1 Å². The molecule has 1 rings (SSSR count). The maximum atomic E-state index is 5.42. The summed E-state index contributed by atoms with van der Waals surface area (Å²) in [5.41, 5.74) is 5.42. The van der Waals surface area contributed by atoms with Crippen LogP contribution in [-0.2, 0) is 6.42 Å². The van der Waals surface area contributed by atoms with Crippen LogP contribution in [0.25, 0.3) is 0 Å². The topological polar surface area (TPSA) is 64.9 Å². The maximum Gasteiger partial charge on any atom is 0.226 e. The van der Waals surface area contributed by atoms with Gasteiger partial charge in [-0.15, -0.1) is 0 Å². The lowest BCUT2D eigenvalue weighted by Crippen LogP contribution is -1.98. The van der Waals surface area contributed by atoms with Crippen LogP contribution in [0, 0.1) is 0 Å². The molecule has 0 aliphatic carbocycles. The van der Waals surface area contributed by atoms with Crippen LogP contribution in [0.1, 0.15) is 57.2 Å². The van der Waals surface area contributed by atoms with Crippen molar-refractivity contribution >= 4 is 0 Å². The zero-order valence-corrected chi connectivity index (χ0v) is 9.70. The minimum Gasteiger partial charge on any atom is -0.339 e. The number of nitrogens with two attached hydrogens (primary N) is 1. The molecule has 2 N–H and O–H groups in total. The second-order valence-corrected chi connectivity index (χ2v) is 4.15. The Morgan fingerprint density at radius 2 is 1.93 bits per heavy atom. The Hall–Kier alpha value is -0.900. The molecule has 15 heavy (non-hydrogen) atoms. The third-order valence-electron chi connectivity index (χ3n) is 2.34. The molecule has 0 saturated heterocycles. The molecule has 4 nitrogen and oxygen atoms in total. The molecular formula is C11H21N3O. The van der Waals surface area contributed by atoms with Gasteiger partial charge in [0.05, 0.1) is 0 Å². The minimum atomic E-state index is 0.347. The molecule has 1 aromatic rings. The average molecular weight is 211 g/mol. The molecule has 0 atom stereocenters. The Bertz CT molecular complexity index is 271. The molecule has 0 fully saturated rings. The smallest absolute Gasteiger partial charge is 0.226 e. The highest BCUT2D eigenvalue weighted by molar-refractivity contribution is 4.91. The van der Waals surface area contributed by atoms with Gasteiger partial charge < -0.3 is 10.3 Å². The van der Waals surface area contributed by atoms with Crippen molar-refractivity contribution in [2.75, 3.05) is 6.54 Å². The van der Waals surface area contributed by atoms with Gasteiger partial charge >= 0.3 is 0 Å². The van der Waals surface area contributed by atoms with E-state index in [1.165, 1.54) is 12.8 Å². The summed E-state index contributed by atoms with van der Waals surface area (Å²) in [7, 11) is 0. The Morgan fingerprint density at radius 3 is 2.53 bits per heavy atom. The average Bonchev–Trinajstić information content (AvgIpc) is 2.66. The normalized spacial score (nSPS) is 11.2. The molecule has 0 aromatic carbocycles. The van der Waals surface area contributed by atoms with Crippen LogP contribution in [0.5, 0.6) is 0 Å². The number of aromatic nitrogens is 2. The number of unbranched alkanes of at least 4 members (excludes halogenated alkanes) is 3. The summed E-state index contributed by atoms with van der Waals surface area (Å²) in [6, 6.07) is 0. The van der Waals surface area contributed by atoms with E-state index >= 15 is 0 Å². The number of rotatable bonds is 7. The first-order chi connectivity index (χ1) is 7.24. The molecule has 0 amide bonds. The summed E-state index contributed by atoms with van der Waals surface area (Å²) in [5, 5.41) is 3.92. The monoisotopic (exact) mass is 211 g/mol. The molecule has 0 radical (unpaired) electrons. The third kappa shape index (κ3) is 4.42. The summed E-state index contributed by atoms with van der Waals surface area (Å²) < 4.78 is 5.15. The lowest BCUT2D eigenvalue weighted by Gasteiger charge is -1.96. The van der Waals surface area contributed by atoms with E-state index in [9.17, 15) is 0 Å². The van der Waals surface area contributed by atoms with E-state index in [0.29, 0.717) is 5.92 Å². The maximum absolute atomic E-state index is 5.42. The van der Waals surface area contributed by atoms with E-state index in [4.69, 9.17) is 10.3 Å². The van der Waals surface area contributed by atoms with Gasteiger partial charge in [0.1, 0.15) is 0 Å². The van der Waals surface area contributed by atoms with Crippen molar-refractivity contribution in [1.29, 1.82) is 0 Å². The number of nitrogens with zero attached hydrogens (tertiary/aromatic N) is 2. The summed E-state index contributed by atoms with van der Waals surface area (Å²) in [6.45, 7) is 4.92. The van der Waals surface area contributed by atoms with Crippen LogP contribution in [0.3, 0.4) is 0 Å². The summed E-state index contributed by atoms with van der Waals surface area (Å²) in [4.78, 5) is 4.33. The van der Waals surface area contributed by atoms with Crippen molar-refractivity contribution < 1.29 is 4.52 Å². The number of hydrogen-bond donors (Lipinski definition) is 1. The Morgan fingerprint density at radius 1 is 1.20 bits per heavy atom. The third-order valence-corrected chi connectivity index (χ3v) is 2.34. The van der Waals surface area contributed by atoms with Crippen molar-refractivity contribution in [3.8, 4) is 0 Å². The fourth-order valence-electron chi connectivity index (χ4n) is 1.38. The van der Waals surface area contributed by atoms with Gasteiger partial charge in [-0.1, -0.05) is 31.8 Å². The number of hydrogen-bond acceptors (Lipinski definition) is 4. The fraction of sp³-hybridized carbons (Fsp3) is 0.818. The van der Waals surface area contributed by atoms with E-state index in [-0.39, 0.29) is 0 Å². The van der Waals surface area contributed by atoms with E-state index in [0.717, 1.165) is 37.5 Å². The van der Waals surface area contributed by atoms with Crippen LogP contribution >= 0.6 is 0 Å². The van der Waals surface area contributed by atoms with Gasteiger partial charge in [0.25, 0.3) is 0 Å². The van der Waals surface area contributed by atoms with Gasteiger partial charge in [0.2, 0.25) is 5.89 Å². The lowest BCUT2D eigenvalue weighted by atomic mass is 10.1. The summed E-state index contributed by atoms with van der Waals surface area (Å²) >= 11 is 0. The zero-order valence-electron chi connectivity index (χ0n) is 9.70. The number of aryl methyl sites for hydroxylation is 1. The molecule has 0 aliphatic heterocycles. The highest BCUT2D eigenvalue weighted by atomic mass is 16.5. The van der Waals surface area contributed by atoms with Gasteiger partial charge in [-0.3, -0.25) is 0 Å². The Kier molecular flexibility index (Phi) is 5.32. The molecule has 4 heteroatoms. The van der Waals surface area contributed by atoms with Crippen LogP contribution in [0.4, 0.5) is 0 Å². The quantitative estimate of drug-likeness (QED) is 0.702. The van der Waals surface area contributed by atoms with Crippen molar-refractivity contribution in [2.45, 2.75) is 51.9 Å². The first kappa shape index (κ1) is 12.2.